The first-order valence-electron chi connectivity index (χ1n) is 2.73. The maximum absolute atomic E-state index is 5.41. The predicted molar refractivity (Wildman–Crippen MR) is 44.8 cm³/mol. The Hall–Kier alpha value is 1.05. The van der Waals surface area contributed by atoms with E-state index in [0.717, 1.165) is 12.8 Å². The van der Waals surface area contributed by atoms with Crippen molar-refractivity contribution in [1.29, 1.82) is 0 Å². The minimum atomic E-state index is -1.81. The van der Waals surface area contributed by atoms with Crippen LogP contribution < -0.4 is 0 Å². The fourth-order valence-electron chi connectivity index (χ4n) is 0.369. The highest BCUT2D eigenvalue weighted by Crippen LogP contribution is 2.00. The van der Waals surface area contributed by atoms with Crippen LogP contribution >= 0.6 is 33.8 Å². The Bertz CT molecular complexity index is 61.8. The highest BCUT2D eigenvalue weighted by Gasteiger charge is 1.99. The molecule has 5 heteroatoms. The number of hydrogen-bond acceptors (Lipinski definition) is 1. The molecule has 0 saturated carbocycles. The first-order chi connectivity index (χ1) is 4.27. The highest BCUT2D eigenvalue weighted by atomic mass is 35.7. The smallest absolute Gasteiger partial charge is 0.373 e. The summed E-state index contributed by atoms with van der Waals surface area (Å²) >= 11 is 16.2. The summed E-state index contributed by atoms with van der Waals surface area (Å²) in [5.41, 5.74) is 0. The standard InChI is InChI=1S/C4H9Cl3OSi/c5-3-1-2-4-8-9(6)7/h9H,1-4H2. The molecule has 0 rings (SSSR count). The number of hydrogen-bond donors (Lipinski definition) is 0. The monoisotopic (exact) mass is 206 g/mol. The van der Waals surface area contributed by atoms with Gasteiger partial charge in [0.1, 0.15) is 0 Å². The van der Waals surface area contributed by atoms with Crippen LogP contribution in [0, 0.1) is 0 Å². The number of halogens is 3. The zero-order valence-corrected chi connectivity index (χ0v) is 8.37. The van der Waals surface area contributed by atoms with Crippen LogP contribution in [0.3, 0.4) is 0 Å². The summed E-state index contributed by atoms with van der Waals surface area (Å²) in [5.74, 6) is 0.681. The van der Waals surface area contributed by atoms with Crippen molar-refractivity contribution < 1.29 is 4.43 Å². The number of unbranched alkanes of at least 4 members (excludes halogenated alkanes) is 1. The molecule has 0 amide bonds. The van der Waals surface area contributed by atoms with Crippen LogP contribution in [0.2, 0.25) is 0 Å². The molecule has 0 unspecified atom stereocenters. The van der Waals surface area contributed by atoms with E-state index < -0.39 is 7.66 Å². The van der Waals surface area contributed by atoms with Gasteiger partial charge in [-0.05, 0) is 12.8 Å². The first-order valence-corrected chi connectivity index (χ1v) is 7.23. The molecule has 0 aliphatic rings. The van der Waals surface area contributed by atoms with Crippen LogP contribution in [0.15, 0.2) is 0 Å². The Labute approximate surface area is 71.4 Å². The summed E-state index contributed by atoms with van der Waals surface area (Å²) in [5, 5.41) is 0. The van der Waals surface area contributed by atoms with E-state index in [1.165, 1.54) is 0 Å². The lowest BCUT2D eigenvalue weighted by Gasteiger charge is -2.00. The molecule has 0 aliphatic heterocycles. The Morgan fingerprint density at radius 3 is 2.33 bits per heavy atom. The molecule has 0 aromatic heterocycles. The normalized spacial score (nSPS) is 10.7. The average molecular weight is 208 g/mol. The molecule has 0 heterocycles. The lowest BCUT2D eigenvalue weighted by Crippen LogP contribution is -2.03. The topological polar surface area (TPSA) is 9.23 Å². The molecule has 1 nitrogen and oxygen atoms in total. The summed E-state index contributed by atoms with van der Waals surface area (Å²) in [6, 6.07) is 0. The van der Waals surface area contributed by atoms with E-state index in [2.05, 4.69) is 0 Å². The van der Waals surface area contributed by atoms with Crippen molar-refractivity contribution >= 4 is 41.4 Å². The second kappa shape index (κ2) is 7.16. The second-order valence-electron chi connectivity index (χ2n) is 1.53. The van der Waals surface area contributed by atoms with Gasteiger partial charge in [-0.25, -0.2) is 0 Å². The van der Waals surface area contributed by atoms with Crippen molar-refractivity contribution in [3.8, 4) is 0 Å². The molecule has 0 atom stereocenters. The lowest BCUT2D eigenvalue weighted by molar-refractivity contribution is 0.331. The molecular weight excluding hydrogens is 198 g/mol. The van der Waals surface area contributed by atoms with Gasteiger partial charge in [0.05, 0.1) is 0 Å². The Balaban J connectivity index is 2.75. The van der Waals surface area contributed by atoms with Gasteiger partial charge in [0.15, 0.2) is 0 Å². The molecule has 0 saturated heterocycles. The van der Waals surface area contributed by atoms with E-state index in [1.807, 2.05) is 0 Å². The summed E-state index contributed by atoms with van der Waals surface area (Å²) in [4.78, 5) is 0. The molecule has 0 radical (unpaired) electrons. The van der Waals surface area contributed by atoms with Gasteiger partial charge in [-0.15, -0.1) is 33.8 Å². The summed E-state index contributed by atoms with van der Waals surface area (Å²) in [7, 11) is -1.81. The van der Waals surface area contributed by atoms with Crippen molar-refractivity contribution in [3.05, 3.63) is 0 Å². The van der Waals surface area contributed by atoms with Gasteiger partial charge in [-0.1, -0.05) is 0 Å². The van der Waals surface area contributed by atoms with E-state index in [-0.39, 0.29) is 0 Å². The quantitative estimate of drug-likeness (QED) is 0.291. The van der Waals surface area contributed by atoms with Gasteiger partial charge in [-0.3, -0.25) is 0 Å². The largest absolute Gasteiger partial charge is 0.395 e. The van der Waals surface area contributed by atoms with Gasteiger partial charge in [0.2, 0.25) is 0 Å². The fourth-order valence-corrected chi connectivity index (χ4v) is 1.44. The fraction of sp³-hybridized carbons (Fsp3) is 1.00. The van der Waals surface area contributed by atoms with Gasteiger partial charge >= 0.3 is 7.66 Å². The minimum Gasteiger partial charge on any atom is -0.395 e. The SMILES string of the molecule is ClCCCCO[SiH](Cl)Cl. The van der Waals surface area contributed by atoms with Crippen LogP contribution in [0.1, 0.15) is 12.8 Å². The van der Waals surface area contributed by atoms with Crippen molar-refractivity contribution in [2.75, 3.05) is 12.5 Å². The van der Waals surface area contributed by atoms with E-state index in [4.69, 9.17) is 38.2 Å². The van der Waals surface area contributed by atoms with Crippen LogP contribution in [-0.2, 0) is 4.43 Å². The number of rotatable bonds is 5. The van der Waals surface area contributed by atoms with Gasteiger partial charge < -0.3 is 4.43 Å². The molecule has 0 aromatic carbocycles. The summed E-state index contributed by atoms with van der Waals surface area (Å²) in [6.07, 6.45) is 1.92. The Kier molecular flexibility index (Phi) is 7.99. The lowest BCUT2D eigenvalue weighted by atomic mass is 10.4. The van der Waals surface area contributed by atoms with E-state index in [0.29, 0.717) is 12.5 Å². The van der Waals surface area contributed by atoms with Crippen LogP contribution in [0.5, 0.6) is 0 Å². The molecule has 0 bridgehead atoms. The van der Waals surface area contributed by atoms with Crippen molar-refractivity contribution in [1.82, 2.24) is 0 Å². The molecule has 0 spiro atoms. The highest BCUT2D eigenvalue weighted by molar-refractivity contribution is 7.30. The maximum Gasteiger partial charge on any atom is 0.373 e. The van der Waals surface area contributed by atoms with Crippen molar-refractivity contribution in [2.45, 2.75) is 12.8 Å². The first kappa shape index (κ1) is 10.0. The van der Waals surface area contributed by atoms with Crippen molar-refractivity contribution in [2.24, 2.45) is 0 Å². The molecule has 0 aromatic rings. The summed E-state index contributed by atoms with van der Waals surface area (Å²) < 4.78 is 4.96. The van der Waals surface area contributed by atoms with Crippen LogP contribution in [0.25, 0.3) is 0 Å². The minimum absolute atomic E-state index is 0.649. The van der Waals surface area contributed by atoms with Crippen LogP contribution in [0.4, 0.5) is 0 Å². The zero-order chi connectivity index (χ0) is 7.11. The maximum atomic E-state index is 5.41. The molecule has 0 N–H and O–H groups in total. The van der Waals surface area contributed by atoms with Crippen molar-refractivity contribution in [3.63, 3.8) is 0 Å². The van der Waals surface area contributed by atoms with E-state index in [1.54, 1.807) is 0 Å². The summed E-state index contributed by atoms with van der Waals surface area (Å²) in [6.45, 7) is 0.649. The molecule has 9 heavy (non-hydrogen) atoms. The molecule has 0 fully saturated rings. The number of alkyl halides is 1. The van der Waals surface area contributed by atoms with Gasteiger partial charge in [0, 0.05) is 12.5 Å². The third-order valence-electron chi connectivity index (χ3n) is 0.772. The van der Waals surface area contributed by atoms with Crippen LogP contribution in [-0.4, -0.2) is 20.1 Å². The Morgan fingerprint density at radius 1 is 1.22 bits per heavy atom. The molecule has 56 valence electrons. The predicted octanol–water partition coefficient (Wildman–Crippen LogP) is 2.22. The Morgan fingerprint density at radius 2 is 1.89 bits per heavy atom. The van der Waals surface area contributed by atoms with Gasteiger partial charge in [0.25, 0.3) is 0 Å². The second-order valence-corrected chi connectivity index (χ2v) is 5.81. The van der Waals surface area contributed by atoms with Gasteiger partial charge in [-0.2, -0.15) is 0 Å². The van der Waals surface area contributed by atoms with E-state index >= 15 is 0 Å². The zero-order valence-electron chi connectivity index (χ0n) is 4.95. The molecule has 0 aliphatic carbocycles. The van der Waals surface area contributed by atoms with E-state index in [9.17, 15) is 0 Å². The molecular formula is C4H9Cl3OSi. The third kappa shape index (κ3) is 9.05. The average Bonchev–Trinajstić information content (AvgIpc) is 1.80. The third-order valence-corrected chi connectivity index (χ3v) is 2.28.